The summed E-state index contributed by atoms with van der Waals surface area (Å²) in [5.41, 5.74) is 2.70. The Morgan fingerprint density at radius 2 is 2.15 bits per heavy atom. The van der Waals surface area contributed by atoms with Crippen molar-refractivity contribution in [2.45, 2.75) is 38.8 Å². The highest BCUT2D eigenvalue weighted by molar-refractivity contribution is 5.80. The molecule has 1 saturated heterocycles. The average Bonchev–Trinajstić information content (AvgIpc) is 2.70. The molecule has 0 saturated carbocycles. The zero-order valence-corrected chi connectivity index (χ0v) is 15.6. The predicted molar refractivity (Wildman–Crippen MR) is 107 cm³/mol. The van der Waals surface area contributed by atoms with Gasteiger partial charge in [-0.1, -0.05) is 12.5 Å². The van der Waals surface area contributed by atoms with Crippen LogP contribution in [0.15, 0.2) is 53.5 Å². The minimum absolute atomic E-state index is 0.0167. The van der Waals surface area contributed by atoms with Crippen LogP contribution in [0.25, 0.3) is 10.9 Å². The number of nitrogens with one attached hydrogen (secondary N) is 1. The van der Waals surface area contributed by atoms with Crippen molar-refractivity contribution < 1.29 is 4.74 Å². The average molecular weight is 363 g/mol. The van der Waals surface area contributed by atoms with E-state index >= 15 is 0 Å². The summed E-state index contributed by atoms with van der Waals surface area (Å²) in [4.78, 5) is 22.6. The second kappa shape index (κ2) is 7.92. The van der Waals surface area contributed by atoms with Crippen LogP contribution in [0, 0.1) is 0 Å². The van der Waals surface area contributed by atoms with Crippen LogP contribution in [0.1, 0.15) is 43.5 Å². The summed E-state index contributed by atoms with van der Waals surface area (Å²) in [6.45, 7) is 4.21. The number of fused-ring (bicyclic) bond motifs is 1. The van der Waals surface area contributed by atoms with E-state index in [1.165, 1.54) is 6.42 Å². The Balaban J connectivity index is 1.64. The molecule has 0 aliphatic carbocycles. The van der Waals surface area contributed by atoms with Gasteiger partial charge in [0.25, 0.3) is 5.56 Å². The monoisotopic (exact) mass is 363 g/mol. The fraction of sp³-hybridized carbons (Fsp3) is 0.364. The molecule has 1 fully saturated rings. The zero-order valence-electron chi connectivity index (χ0n) is 15.6. The number of piperidine rings is 1. The van der Waals surface area contributed by atoms with Gasteiger partial charge in [0.15, 0.2) is 0 Å². The molecule has 1 unspecified atom stereocenters. The molecule has 5 nitrogen and oxygen atoms in total. The minimum atomic E-state index is -0.0167. The fourth-order valence-electron chi connectivity index (χ4n) is 3.91. The Morgan fingerprint density at radius 3 is 2.96 bits per heavy atom. The predicted octanol–water partition coefficient (Wildman–Crippen LogP) is 4.05. The van der Waals surface area contributed by atoms with E-state index in [0.29, 0.717) is 13.2 Å². The summed E-state index contributed by atoms with van der Waals surface area (Å²) in [5.74, 6) is 0.826. The van der Waals surface area contributed by atoms with Crippen molar-refractivity contribution in [3.8, 4) is 5.75 Å². The zero-order chi connectivity index (χ0) is 18.6. The Bertz CT molecular complexity index is 968. The van der Waals surface area contributed by atoms with Crippen LogP contribution < -0.4 is 10.3 Å². The van der Waals surface area contributed by atoms with Gasteiger partial charge in [0.1, 0.15) is 5.75 Å². The first-order chi connectivity index (χ1) is 13.2. The van der Waals surface area contributed by atoms with Crippen molar-refractivity contribution in [2.75, 3.05) is 13.2 Å². The molecule has 3 aromatic rings. The quantitative estimate of drug-likeness (QED) is 0.743. The van der Waals surface area contributed by atoms with Crippen LogP contribution in [-0.4, -0.2) is 28.0 Å². The lowest BCUT2D eigenvalue weighted by atomic mass is 9.98. The third-order valence-electron chi connectivity index (χ3n) is 5.22. The van der Waals surface area contributed by atoms with E-state index in [-0.39, 0.29) is 11.6 Å². The summed E-state index contributed by atoms with van der Waals surface area (Å²) in [6, 6.07) is 14.1. The van der Waals surface area contributed by atoms with Crippen molar-refractivity contribution in [3.05, 3.63) is 70.3 Å². The number of ether oxygens (including phenoxy) is 1. The second-order valence-corrected chi connectivity index (χ2v) is 7.04. The highest BCUT2D eigenvalue weighted by Gasteiger charge is 2.25. The van der Waals surface area contributed by atoms with Gasteiger partial charge in [-0.3, -0.25) is 14.7 Å². The van der Waals surface area contributed by atoms with Crippen molar-refractivity contribution in [1.82, 2.24) is 14.9 Å². The molecule has 0 radical (unpaired) electrons. The van der Waals surface area contributed by atoms with E-state index in [0.717, 1.165) is 47.3 Å². The van der Waals surface area contributed by atoms with Gasteiger partial charge in [-0.25, -0.2) is 0 Å². The maximum absolute atomic E-state index is 12.6. The summed E-state index contributed by atoms with van der Waals surface area (Å²) < 4.78 is 5.60. The minimum Gasteiger partial charge on any atom is -0.494 e. The Labute approximate surface area is 159 Å². The lowest BCUT2D eigenvalue weighted by Gasteiger charge is -2.35. The maximum Gasteiger partial charge on any atom is 0.252 e. The lowest BCUT2D eigenvalue weighted by Crippen LogP contribution is -2.35. The SMILES string of the molecule is CCOc1ccc2[nH]c(=O)c(CN3CCCCC3c3ccccn3)cc2c1. The lowest BCUT2D eigenvalue weighted by molar-refractivity contribution is 0.137. The molecule has 5 heteroatoms. The molecule has 140 valence electrons. The number of pyridine rings is 2. The second-order valence-electron chi connectivity index (χ2n) is 7.04. The van der Waals surface area contributed by atoms with Crippen LogP contribution in [0.5, 0.6) is 5.75 Å². The van der Waals surface area contributed by atoms with E-state index in [1.54, 1.807) is 0 Å². The first-order valence-corrected chi connectivity index (χ1v) is 9.68. The van der Waals surface area contributed by atoms with Crippen LogP contribution in [0.4, 0.5) is 0 Å². The van der Waals surface area contributed by atoms with E-state index in [1.807, 2.05) is 49.5 Å². The number of aromatic nitrogens is 2. The molecule has 1 aromatic carbocycles. The topological polar surface area (TPSA) is 58.2 Å². The van der Waals surface area contributed by atoms with Crippen LogP contribution in [0.2, 0.25) is 0 Å². The van der Waals surface area contributed by atoms with Crippen LogP contribution in [0.3, 0.4) is 0 Å². The molecule has 1 aliphatic heterocycles. The molecule has 4 rings (SSSR count). The van der Waals surface area contributed by atoms with E-state index in [4.69, 9.17) is 4.74 Å². The molecular weight excluding hydrogens is 338 g/mol. The first kappa shape index (κ1) is 17.7. The largest absolute Gasteiger partial charge is 0.494 e. The summed E-state index contributed by atoms with van der Waals surface area (Å²) in [6.07, 6.45) is 5.28. The number of benzene rings is 1. The van der Waals surface area contributed by atoms with Gasteiger partial charge in [-0.15, -0.1) is 0 Å². The number of aromatic amines is 1. The standard InChI is InChI=1S/C22H25N3O2/c1-2-27-18-9-10-19-16(14-18)13-17(22(26)24-19)15-25-12-6-4-8-21(25)20-7-3-5-11-23-20/h3,5,7,9-11,13-14,21H,2,4,6,8,12,15H2,1H3,(H,24,26). The molecule has 0 bridgehead atoms. The molecule has 1 N–H and O–H groups in total. The third kappa shape index (κ3) is 3.88. The smallest absolute Gasteiger partial charge is 0.252 e. The number of H-pyrrole nitrogens is 1. The molecule has 1 atom stereocenters. The molecular formula is C22H25N3O2. The maximum atomic E-state index is 12.6. The van der Waals surface area contributed by atoms with Crippen molar-refractivity contribution in [1.29, 1.82) is 0 Å². The number of hydrogen-bond donors (Lipinski definition) is 1. The normalized spacial score (nSPS) is 17.9. The molecule has 0 amide bonds. The summed E-state index contributed by atoms with van der Waals surface area (Å²) in [7, 11) is 0. The number of likely N-dealkylation sites (tertiary alicyclic amines) is 1. The van der Waals surface area contributed by atoms with Crippen molar-refractivity contribution in [3.63, 3.8) is 0 Å². The van der Waals surface area contributed by atoms with E-state index < -0.39 is 0 Å². The highest BCUT2D eigenvalue weighted by atomic mass is 16.5. The highest BCUT2D eigenvalue weighted by Crippen LogP contribution is 2.31. The Morgan fingerprint density at radius 1 is 1.22 bits per heavy atom. The van der Waals surface area contributed by atoms with Gasteiger partial charge in [0.05, 0.1) is 18.3 Å². The fourth-order valence-corrected chi connectivity index (χ4v) is 3.91. The summed E-state index contributed by atoms with van der Waals surface area (Å²) >= 11 is 0. The number of nitrogens with zero attached hydrogens (tertiary/aromatic N) is 2. The van der Waals surface area contributed by atoms with Gasteiger partial charge < -0.3 is 9.72 Å². The molecule has 1 aliphatic rings. The van der Waals surface area contributed by atoms with Crippen LogP contribution >= 0.6 is 0 Å². The number of rotatable bonds is 5. The van der Waals surface area contributed by atoms with Crippen molar-refractivity contribution in [2.24, 2.45) is 0 Å². The third-order valence-corrected chi connectivity index (χ3v) is 5.22. The molecule has 27 heavy (non-hydrogen) atoms. The molecule has 2 aromatic heterocycles. The Hall–Kier alpha value is -2.66. The number of hydrogen-bond acceptors (Lipinski definition) is 4. The van der Waals surface area contributed by atoms with Gasteiger partial charge in [0.2, 0.25) is 0 Å². The van der Waals surface area contributed by atoms with Gasteiger partial charge >= 0.3 is 0 Å². The van der Waals surface area contributed by atoms with Crippen LogP contribution in [-0.2, 0) is 6.54 Å². The van der Waals surface area contributed by atoms with Gasteiger partial charge in [-0.05, 0) is 62.7 Å². The summed E-state index contributed by atoms with van der Waals surface area (Å²) in [5, 5.41) is 1.00. The van der Waals surface area contributed by atoms with Crippen molar-refractivity contribution >= 4 is 10.9 Å². The molecule has 3 heterocycles. The van der Waals surface area contributed by atoms with E-state index in [2.05, 4.69) is 20.9 Å². The first-order valence-electron chi connectivity index (χ1n) is 9.68. The van der Waals surface area contributed by atoms with Gasteiger partial charge in [0, 0.05) is 29.2 Å². The van der Waals surface area contributed by atoms with Gasteiger partial charge in [-0.2, -0.15) is 0 Å². The Kier molecular flexibility index (Phi) is 5.21. The molecule has 0 spiro atoms. The van der Waals surface area contributed by atoms with E-state index in [9.17, 15) is 4.79 Å².